The zero-order chi connectivity index (χ0) is 13.3. The summed E-state index contributed by atoms with van der Waals surface area (Å²) in [7, 11) is 2.11. The van der Waals surface area contributed by atoms with Gasteiger partial charge in [0.05, 0.1) is 11.5 Å². The molecule has 2 atom stereocenters. The van der Waals surface area contributed by atoms with E-state index in [0.717, 1.165) is 17.9 Å². The SMILES string of the molecule is CN1C(c2cccc(Cl)c2)CCC1C(C)(C)C#N. The molecule has 2 rings (SSSR count). The molecule has 1 heterocycles. The van der Waals surface area contributed by atoms with Gasteiger partial charge in [-0.15, -0.1) is 0 Å². The van der Waals surface area contributed by atoms with Gasteiger partial charge in [-0.05, 0) is 51.4 Å². The number of nitriles is 1. The average Bonchev–Trinajstić information content (AvgIpc) is 2.72. The Bertz CT molecular complexity index is 476. The van der Waals surface area contributed by atoms with Crippen LogP contribution in [0.4, 0.5) is 0 Å². The van der Waals surface area contributed by atoms with Crippen LogP contribution in [0.15, 0.2) is 24.3 Å². The molecule has 0 aromatic heterocycles. The molecule has 0 spiro atoms. The molecule has 96 valence electrons. The molecule has 0 aliphatic carbocycles. The van der Waals surface area contributed by atoms with Gasteiger partial charge in [-0.25, -0.2) is 0 Å². The Morgan fingerprint density at radius 2 is 2.11 bits per heavy atom. The van der Waals surface area contributed by atoms with Crippen molar-refractivity contribution in [2.75, 3.05) is 7.05 Å². The van der Waals surface area contributed by atoms with E-state index in [1.54, 1.807) is 0 Å². The molecule has 2 nitrogen and oxygen atoms in total. The second-order valence-electron chi connectivity index (χ2n) is 5.66. The molecule has 1 aromatic carbocycles. The third-order valence-corrected chi connectivity index (χ3v) is 4.29. The van der Waals surface area contributed by atoms with Crippen LogP contribution in [-0.2, 0) is 0 Å². The minimum Gasteiger partial charge on any atom is -0.295 e. The third kappa shape index (κ3) is 2.39. The zero-order valence-electron chi connectivity index (χ0n) is 11.2. The fourth-order valence-electron chi connectivity index (χ4n) is 3.00. The van der Waals surface area contributed by atoms with Crippen molar-refractivity contribution < 1.29 is 0 Å². The lowest BCUT2D eigenvalue weighted by molar-refractivity contribution is 0.163. The van der Waals surface area contributed by atoms with Crippen LogP contribution in [0.2, 0.25) is 5.02 Å². The number of benzene rings is 1. The predicted octanol–water partition coefficient (Wildman–Crippen LogP) is 4.03. The monoisotopic (exact) mass is 262 g/mol. The van der Waals surface area contributed by atoms with Crippen molar-refractivity contribution >= 4 is 11.6 Å². The largest absolute Gasteiger partial charge is 0.295 e. The summed E-state index contributed by atoms with van der Waals surface area (Å²) in [6.07, 6.45) is 2.15. The van der Waals surface area contributed by atoms with E-state index in [-0.39, 0.29) is 5.41 Å². The second kappa shape index (κ2) is 4.91. The van der Waals surface area contributed by atoms with Crippen molar-refractivity contribution in [1.82, 2.24) is 4.90 Å². The summed E-state index contributed by atoms with van der Waals surface area (Å²) in [5.41, 5.74) is 0.948. The Morgan fingerprint density at radius 3 is 2.72 bits per heavy atom. The number of rotatable bonds is 2. The first kappa shape index (κ1) is 13.4. The van der Waals surface area contributed by atoms with Crippen molar-refractivity contribution in [1.29, 1.82) is 5.26 Å². The summed E-state index contributed by atoms with van der Waals surface area (Å²) in [6, 6.07) is 11.2. The number of hydrogen-bond acceptors (Lipinski definition) is 2. The molecule has 0 amide bonds. The number of halogens is 1. The fraction of sp³-hybridized carbons (Fsp3) is 0.533. The molecule has 0 N–H and O–H groups in total. The van der Waals surface area contributed by atoms with Crippen LogP contribution >= 0.6 is 11.6 Å². The Labute approximate surface area is 114 Å². The first-order chi connectivity index (χ1) is 8.45. The Balaban J connectivity index is 2.23. The average molecular weight is 263 g/mol. The number of hydrogen-bond donors (Lipinski definition) is 0. The van der Waals surface area contributed by atoms with E-state index in [4.69, 9.17) is 11.6 Å². The lowest BCUT2D eigenvalue weighted by atomic mass is 9.85. The van der Waals surface area contributed by atoms with Crippen molar-refractivity contribution in [3.63, 3.8) is 0 Å². The molecule has 18 heavy (non-hydrogen) atoms. The van der Waals surface area contributed by atoms with Gasteiger partial charge in [-0.1, -0.05) is 23.7 Å². The molecule has 1 aliphatic rings. The van der Waals surface area contributed by atoms with Crippen molar-refractivity contribution in [3.8, 4) is 6.07 Å². The van der Waals surface area contributed by atoms with Gasteiger partial charge < -0.3 is 0 Å². The van der Waals surface area contributed by atoms with Crippen LogP contribution < -0.4 is 0 Å². The minimum atomic E-state index is -0.303. The first-order valence-corrected chi connectivity index (χ1v) is 6.72. The highest BCUT2D eigenvalue weighted by Gasteiger charge is 2.40. The molecule has 1 aliphatic heterocycles. The van der Waals surface area contributed by atoms with Crippen LogP contribution in [-0.4, -0.2) is 18.0 Å². The van der Waals surface area contributed by atoms with Gasteiger partial charge in [0.25, 0.3) is 0 Å². The summed E-state index contributed by atoms with van der Waals surface area (Å²) in [5, 5.41) is 10.1. The molecule has 0 saturated carbocycles. The van der Waals surface area contributed by atoms with Crippen LogP contribution in [0.5, 0.6) is 0 Å². The van der Waals surface area contributed by atoms with Gasteiger partial charge in [0, 0.05) is 17.1 Å². The quantitative estimate of drug-likeness (QED) is 0.805. The topological polar surface area (TPSA) is 27.0 Å². The molecule has 1 saturated heterocycles. The summed E-state index contributed by atoms with van der Waals surface area (Å²) in [5.74, 6) is 0. The molecule has 1 fully saturated rings. The summed E-state index contributed by atoms with van der Waals surface area (Å²) in [4.78, 5) is 2.33. The van der Waals surface area contributed by atoms with E-state index in [2.05, 4.69) is 24.1 Å². The Kier molecular flexibility index (Phi) is 3.66. The van der Waals surface area contributed by atoms with E-state index in [1.165, 1.54) is 5.56 Å². The van der Waals surface area contributed by atoms with Crippen LogP contribution in [0, 0.1) is 16.7 Å². The molecule has 0 bridgehead atoms. The van der Waals surface area contributed by atoms with Crippen molar-refractivity contribution in [2.24, 2.45) is 5.41 Å². The molecule has 1 aromatic rings. The number of nitrogens with zero attached hydrogens (tertiary/aromatic N) is 2. The maximum Gasteiger partial charge on any atom is 0.0700 e. The highest BCUT2D eigenvalue weighted by Crippen LogP contribution is 2.41. The van der Waals surface area contributed by atoms with Gasteiger partial charge in [-0.3, -0.25) is 4.90 Å². The van der Waals surface area contributed by atoms with E-state index >= 15 is 0 Å². The smallest absolute Gasteiger partial charge is 0.0700 e. The fourth-order valence-corrected chi connectivity index (χ4v) is 3.20. The number of likely N-dealkylation sites (tertiary alicyclic amines) is 1. The van der Waals surface area contributed by atoms with Gasteiger partial charge in [-0.2, -0.15) is 5.26 Å². The van der Waals surface area contributed by atoms with Gasteiger partial charge in [0.15, 0.2) is 0 Å². The van der Waals surface area contributed by atoms with Gasteiger partial charge >= 0.3 is 0 Å². The standard InChI is InChI=1S/C15H19ClN2/c1-15(2,10-17)14-8-7-13(18(14)3)11-5-4-6-12(16)9-11/h4-6,9,13-14H,7-8H2,1-3H3. The molecule has 2 unspecified atom stereocenters. The molecule has 3 heteroatoms. The van der Waals surface area contributed by atoms with Crippen LogP contribution in [0.25, 0.3) is 0 Å². The summed E-state index contributed by atoms with van der Waals surface area (Å²) < 4.78 is 0. The molecular weight excluding hydrogens is 244 g/mol. The van der Waals surface area contributed by atoms with Gasteiger partial charge in [0.1, 0.15) is 0 Å². The van der Waals surface area contributed by atoms with Crippen molar-refractivity contribution in [2.45, 2.75) is 38.8 Å². The van der Waals surface area contributed by atoms with Crippen molar-refractivity contribution in [3.05, 3.63) is 34.9 Å². The lowest BCUT2D eigenvalue weighted by Crippen LogP contribution is -2.38. The summed E-state index contributed by atoms with van der Waals surface area (Å²) >= 11 is 6.05. The van der Waals surface area contributed by atoms with E-state index in [9.17, 15) is 5.26 Å². The van der Waals surface area contributed by atoms with Crippen LogP contribution in [0.3, 0.4) is 0 Å². The van der Waals surface area contributed by atoms with E-state index in [1.807, 2.05) is 32.0 Å². The highest BCUT2D eigenvalue weighted by molar-refractivity contribution is 6.30. The zero-order valence-corrected chi connectivity index (χ0v) is 11.9. The van der Waals surface area contributed by atoms with Crippen LogP contribution in [0.1, 0.15) is 38.3 Å². The second-order valence-corrected chi connectivity index (χ2v) is 6.10. The Hall–Kier alpha value is -1.04. The minimum absolute atomic E-state index is 0.303. The lowest BCUT2D eigenvalue weighted by Gasteiger charge is -2.33. The molecular formula is C15H19ClN2. The maximum atomic E-state index is 9.28. The molecule has 0 radical (unpaired) electrons. The van der Waals surface area contributed by atoms with Gasteiger partial charge in [0.2, 0.25) is 0 Å². The predicted molar refractivity (Wildman–Crippen MR) is 74.4 cm³/mol. The van der Waals surface area contributed by atoms with E-state index < -0.39 is 0 Å². The third-order valence-electron chi connectivity index (χ3n) is 4.05. The highest BCUT2D eigenvalue weighted by atomic mass is 35.5. The summed E-state index contributed by atoms with van der Waals surface area (Å²) in [6.45, 7) is 4.04. The van der Waals surface area contributed by atoms with E-state index in [0.29, 0.717) is 12.1 Å². The first-order valence-electron chi connectivity index (χ1n) is 6.34. The maximum absolute atomic E-state index is 9.28. The Morgan fingerprint density at radius 1 is 1.39 bits per heavy atom. The normalized spacial score (nSPS) is 25.1.